The van der Waals surface area contributed by atoms with Crippen LogP contribution in [0.1, 0.15) is 36.9 Å². The maximum atomic E-state index is 14.0. The van der Waals surface area contributed by atoms with Gasteiger partial charge in [-0.15, -0.1) is 0 Å². The van der Waals surface area contributed by atoms with Crippen LogP contribution in [0.5, 0.6) is 0 Å². The lowest BCUT2D eigenvalue weighted by Gasteiger charge is -2.35. The first kappa shape index (κ1) is 26.4. The van der Waals surface area contributed by atoms with E-state index in [-0.39, 0.29) is 23.8 Å². The second-order valence-electron chi connectivity index (χ2n) is 10.4. The normalized spacial score (nSPS) is 18.1. The van der Waals surface area contributed by atoms with Crippen molar-refractivity contribution in [1.82, 2.24) is 15.2 Å². The first-order valence-electron chi connectivity index (χ1n) is 13.4. The van der Waals surface area contributed by atoms with Crippen LogP contribution < -0.4 is 21.9 Å². The summed E-state index contributed by atoms with van der Waals surface area (Å²) in [6.07, 6.45) is 5.20. The molecule has 202 valence electrons. The molecule has 6 N–H and O–H groups in total. The maximum Gasteiger partial charge on any atom is 0.271 e. The van der Waals surface area contributed by atoms with Crippen LogP contribution in [0.3, 0.4) is 0 Å². The highest BCUT2D eigenvalue weighted by Gasteiger charge is 2.36. The first-order valence-corrected chi connectivity index (χ1v) is 13.4. The Hall–Kier alpha value is -4.24. The van der Waals surface area contributed by atoms with E-state index in [1.165, 1.54) is 0 Å². The molecule has 0 bridgehead atoms. The monoisotopic (exact) mass is 526 g/mol. The minimum Gasteiger partial charge on any atom is -0.368 e. The predicted molar refractivity (Wildman–Crippen MR) is 152 cm³/mol. The molecule has 2 aromatic carbocycles. The van der Waals surface area contributed by atoms with Crippen molar-refractivity contribution in [3.8, 4) is 11.1 Å². The van der Waals surface area contributed by atoms with Crippen LogP contribution in [0.4, 0.5) is 5.69 Å². The van der Waals surface area contributed by atoms with Crippen LogP contribution in [-0.2, 0) is 16.0 Å². The minimum atomic E-state index is -0.904. The Morgan fingerprint density at radius 1 is 1.05 bits per heavy atom. The topological polar surface area (TPSA) is 151 Å². The van der Waals surface area contributed by atoms with Crippen LogP contribution in [0.15, 0.2) is 65.6 Å². The van der Waals surface area contributed by atoms with Gasteiger partial charge < -0.3 is 11.5 Å². The van der Waals surface area contributed by atoms with Gasteiger partial charge in [0.15, 0.2) is 0 Å². The van der Waals surface area contributed by atoms with Crippen LogP contribution >= 0.6 is 0 Å². The van der Waals surface area contributed by atoms with E-state index in [1.54, 1.807) is 29.3 Å². The molecule has 39 heavy (non-hydrogen) atoms. The number of rotatable bonds is 8. The number of hydrogen-bond donors (Lipinski definition) is 4. The summed E-state index contributed by atoms with van der Waals surface area (Å²) in [4.78, 5) is 45.0. The summed E-state index contributed by atoms with van der Waals surface area (Å²) in [6, 6.07) is 16.0. The summed E-state index contributed by atoms with van der Waals surface area (Å²) >= 11 is 0. The first-order chi connectivity index (χ1) is 18.9. The summed E-state index contributed by atoms with van der Waals surface area (Å²) < 4.78 is 0. The molecule has 0 saturated heterocycles. The Morgan fingerprint density at radius 3 is 2.46 bits per heavy atom. The minimum absolute atomic E-state index is 0.130. The number of carbonyl (C=O) groups is 2. The number of aromatic amines is 2. The highest BCUT2D eigenvalue weighted by Crippen LogP contribution is 2.33. The fourth-order valence-corrected chi connectivity index (χ4v) is 5.63. The molecule has 9 nitrogen and oxygen atoms in total. The molecular weight excluding hydrogens is 492 g/mol. The molecule has 9 heteroatoms. The second kappa shape index (κ2) is 11.2. The van der Waals surface area contributed by atoms with Gasteiger partial charge >= 0.3 is 0 Å². The Bertz CT molecular complexity index is 1530. The van der Waals surface area contributed by atoms with Gasteiger partial charge in [-0.25, -0.2) is 0 Å². The number of carbonyl (C=O) groups excluding carboxylic acids is 2. The lowest BCUT2D eigenvalue weighted by molar-refractivity contribution is -0.127. The molecule has 0 radical (unpaired) electrons. The van der Waals surface area contributed by atoms with E-state index in [1.807, 2.05) is 43.3 Å². The average Bonchev–Trinajstić information content (AvgIpc) is 3.33. The highest BCUT2D eigenvalue weighted by molar-refractivity contribution is 6.02. The maximum absolute atomic E-state index is 14.0. The number of nitrogens with two attached hydrogens (primary N) is 2. The van der Waals surface area contributed by atoms with Crippen molar-refractivity contribution in [2.75, 3.05) is 11.4 Å². The van der Waals surface area contributed by atoms with Crippen molar-refractivity contribution in [2.45, 2.75) is 45.1 Å². The number of primary amides is 1. The summed E-state index contributed by atoms with van der Waals surface area (Å²) in [6.45, 7) is 2.58. The van der Waals surface area contributed by atoms with Crippen molar-refractivity contribution in [1.29, 1.82) is 0 Å². The number of amides is 2. The van der Waals surface area contributed by atoms with Crippen LogP contribution in [0, 0.1) is 18.8 Å². The fourth-order valence-electron chi connectivity index (χ4n) is 5.63. The Labute approximate surface area is 226 Å². The SMILES string of the molecule is Cc1ncccc1-c1ccc(C[C@@H](C(N)=O)N(C(=O)C2CCC(CN)CC2)c2ccc3c(=O)[nH][nH]c3c2)cc1. The van der Waals surface area contributed by atoms with Gasteiger partial charge in [-0.3, -0.25) is 34.5 Å². The van der Waals surface area contributed by atoms with E-state index in [4.69, 9.17) is 11.5 Å². The molecule has 2 heterocycles. The lowest BCUT2D eigenvalue weighted by atomic mass is 9.81. The number of nitrogens with one attached hydrogen (secondary N) is 2. The van der Waals surface area contributed by atoms with E-state index in [0.717, 1.165) is 35.2 Å². The third-order valence-corrected chi connectivity index (χ3v) is 7.94. The summed E-state index contributed by atoms with van der Waals surface area (Å²) in [7, 11) is 0. The van der Waals surface area contributed by atoms with Crippen LogP contribution in [0.25, 0.3) is 22.0 Å². The van der Waals surface area contributed by atoms with Gasteiger partial charge in [0.1, 0.15) is 6.04 Å². The number of hydrogen-bond acceptors (Lipinski definition) is 5. The molecular formula is C30H34N6O3. The molecule has 2 aromatic heterocycles. The van der Waals surface area contributed by atoms with Crippen molar-refractivity contribution < 1.29 is 9.59 Å². The largest absolute Gasteiger partial charge is 0.368 e. The Morgan fingerprint density at radius 2 is 1.79 bits per heavy atom. The number of fused-ring (bicyclic) bond motifs is 1. The molecule has 4 aromatic rings. The number of aryl methyl sites for hydroxylation is 1. The molecule has 5 rings (SSSR count). The molecule has 0 spiro atoms. The molecule has 0 aliphatic heterocycles. The molecule has 1 aliphatic rings. The molecule has 0 unspecified atom stereocenters. The van der Waals surface area contributed by atoms with Crippen molar-refractivity contribution in [3.05, 3.63) is 82.4 Å². The van der Waals surface area contributed by atoms with Gasteiger partial charge in [0, 0.05) is 35.5 Å². The van der Waals surface area contributed by atoms with Gasteiger partial charge in [0.25, 0.3) is 5.56 Å². The summed E-state index contributed by atoms with van der Waals surface area (Å²) in [5, 5.41) is 5.90. The van der Waals surface area contributed by atoms with Crippen LogP contribution in [0.2, 0.25) is 0 Å². The Balaban J connectivity index is 1.48. The van der Waals surface area contributed by atoms with Gasteiger partial charge in [0.05, 0.1) is 10.9 Å². The van der Waals surface area contributed by atoms with Crippen LogP contribution in [-0.4, -0.2) is 39.6 Å². The molecule has 2 amide bonds. The second-order valence-corrected chi connectivity index (χ2v) is 10.4. The summed E-state index contributed by atoms with van der Waals surface area (Å²) in [5.41, 5.74) is 16.5. The molecule has 1 fully saturated rings. The third kappa shape index (κ3) is 5.49. The number of benzene rings is 2. The van der Waals surface area contributed by atoms with E-state index in [2.05, 4.69) is 15.2 Å². The number of aromatic nitrogens is 3. The summed E-state index contributed by atoms with van der Waals surface area (Å²) in [5.74, 6) is -0.535. The third-order valence-electron chi connectivity index (χ3n) is 7.94. The lowest BCUT2D eigenvalue weighted by Crippen LogP contribution is -2.52. The average molecular weight is 527 g/mol. The fraction of sp³-hybridized carbons (Fsp3) is 0.333. The number of anilines is 1. The van der Waals surface area contributed by atoms with E-state index in [0.29, 0.717) is 41.9 Å². The standard InChI is InChI=1S/C30H34N6O3/c1-18-24(3-2-14-33-18)21-8-4-19(5-9-21)15-27(28(32)37)36(30(39)22-10-6-20(17-31)7-11-22)23-12-13-25-26(16-23)34-35-29(25)38/h2-5,8-9,12-14,16,20,22,27H,6-7,10-11,15,17,31H2,1H3,(H2,32,37)(H2,34,35,38)/t20?,22?,27-/m0/s1. The van der Waals surface area contributed by atoms with Gasteiger partial charge in [-0.2, -0.15) is 0 Å². The molecule has 1 saturated carbocycles. The number of nitrogens with zero attached hydrogens (tertiary/aromatic N) is 2. The number of H-pyrrole nitrogens is 2. The molecule has 1 aliphatic carbocycles. The number of pyridine rings is 1. The van der Waals surface area contributed by atoms with Crippen molar-refractivity contribution >= 4 is 28.4 Å². The smallest absolute Gasteiger partial charge is 0.271 e. The predicted octanol–water partition coefficient (Wildman–Crippen LogP) is 3.42. The zero-order valence-electron chi connectivity index (χ0n) is 22.0. The van der Waals surface area contributed by atoms with E-state index < -0.39 is 11.9 Å². The zero-order valence-corrected chi connectivity index (χ0v) is 22.0. The highest BCUT2D eigenvalue weighted by atomic mass is 16.2. The van der Waals surface area contributed by atoms with Gasteiger partial charge in [-0.05, 0) is 80.5 Å². The quantitative estimate of drug-likeness (QED) is 0.277. The van der Waals surface area contributed by atoms with Crippen molar-refractivity contribution in [2.24, 2.45) is 23.3 Å². The van der Waals surface area contributed by atoms with E-state index in [9.17, 15) is 14.4 Å². The molecule has 1 atom stereocenters. The zero-order chi connectivity index (χ0) is 27.5. The van der Waals surface area contributed by atoms with E-state index >= 15 is 0 Å². The Kier molecular flexibility index (Phi) is 7.60. The van der Waals surface area contributed by atoms with Gasteiger partial charge in [0.2, 0.25) is 11.8 Å². The van der Waals surface area contributed by atoms with Gasteiger partial charge in [-0.1, -0.05) is 30.3 Å². The van der Waals surface area contributed by atoms with Crippen molar-refractivity contribution in [3.63, 3.8) is 0 Å².